The molecule has 0 radical (unpaired) electrons. The number of likely N-dealkylation sites (N-methyl/N-ethyl adjacent to an activating group) is 1. The van der Waals surface area contributed by atoms with E-state index in [9.17, 15) is 13.6 Å². The van der Waals surface area contributed by atoms with E-state index in [-0.39, 0.29) is 23.9 Å². The van der Waals surface area contributed by atoms with Crippen LogP contribution < -0.4 is 4.74 Å². The molecule has 2 fully saturated rings. The molecule has 1 aromatic rings. The molecule has 2 saturated heterocycles. The van der Waals surface area contributed by atoms with Crippen LogP contribution in [0.3, 0.4) is 0 Å². The molecule has 2 atom stereocenters. The maximum atomic E-state index is 12.6. The Labute approximate surface area is 134 Å². The Morgan fingerprint density at radius 2 is 2.04 bits per heavy atom. The average Bonchev–Trinajstić information content (AvgIpc) is 2.46. The largest absolute Gasteiger partial charge is 0.435 e. The molecule has 3 rings (SSSR count). The van der Waals surface area contributed by atoms with Crippen LogP contribution in [0, 0.1) is 5.92 Å². The van der Waals surface area contributed by atoms with Crippen LogP contribution in [0.15, 0.2) is 24.3 Å². The lowest BCUT2D eigenvalue weighted by Crippen LogP contribution is -2.55. The molecule has 6 heteroatoms. The Hall–Kier alpha value is -1.53. The molecule has 0 spiro atoms. The number of ether oxygens (including phenoxy) is 2. The quantitative estimate of drug-likeness (QED) is 0.834. The minimum absolute atomic E-state index is 0.0183. The monoisotopic (exact) mass is 325 g/mol. The summed E-state index contributed by atoms with van der Waals surface area (Å²) >= 11 is 0. The van der Waals surface area contributed by atoms with Crippen molar-refractivity contribution in [1.82, 2.24) is 4.90 Å². The van der Waals surface area contributed by atoms with Crippen LogP contribution in [0.5, 0.6) is 5.75 Å². The molecule has 2 aliphatic rings. The molecular formula is C17H21F2NO3. The number of ketones is 1. The molecular weight excluding hydrogens is 304 g/mol. The number of carbonyl (C=O) groups excluding carboxylic acids is 1. The minimum Gasteiger partial charge on any atom is -0.435 e. The van der Waals surface area contributed by atoms with Crippen molar-refractivity contribution in [3.8, 4) is 5.75 Å². The first-order chi connectivity index (χ1) is 11.0. The summed E-state index contributed by atoms with van der Waals surface area (Å²) in [5, 5.41) is 0. The number of alkyl halides is 2. The van der Waals surface area contributed by atoms with Gasteiger partial charge in [0.1, 0.15) is 11.5 Å². The number of piperidine rings is 1. The minimum atomic E-state index is -2.85. The number of hydrogen-bond donors (Lipinski definition) is 0. The van der Waals surface area contributed by atoms with Crippen molar-refractivity contribution in [1.29, 1.82) is 0 Å². The Morgan fingerprint density at radius 1 is 1.35 bits per heavy atom. The summed E-state index contributed by atoms with van der Waals surface area (Å²) in [4.78, 5) is 14.9. The molecule has 23 heavy (non-hydrogen) atoms. The van der Waals surface area contributed by atoms with Gasteiger partial charge in [-0.1, -0.05) is 12.1 Å². The van der Waals surface area contributed by atoms with Gasteiger partial charge in [-0.05, 0) is 37.6 Å². The summed E-state index contributed by atoms with van der Waals surface area (Å²) in [6.45, 7) is -1.50. The van der Waals surface area contributed by atoms with Gasteiger partial charge in [0.15, 0.2) is 0 Å². The topological polar surface area (TPSA) is 38.8 Å². The normalized spacial score (nSPS) is 27.9. The number of fused-ring (bicyclic) bond motifs is 2. The van der Waals surface area contributed by atoms with Gasteiger partial charge in [-0.3, -0.25) is 9.69 Å². The molecule has 0 N–H and O–H groups in total. The third kappa shape index (κ3) is 3.87. The van der Waals surface area contributed by atoms with E-state index in [4.69, 9.17) is 4.74 Å². The van der Waals surface area contributed by atoms with Gasteiger partial charge >= 0.3 is 6.61 Å². The van der Waals surface area contributed by atoms with E-state index >= 15 is 0 Å². The van der Waals surface area contributed by atoms with Gasteiger partial charge in [-0.2, -0.15) is 8.78 Å². The van der Waals surface area contributed by atoms with Crippen molar-refractivity contribution < 1.29 is 23.0 Å². The Kier molecular flexibility index (Phi) is 4.92. The predicted octanol–water partition coefficient (Wildman–Crippen LogP) is 2.51. The lowest BCUT2D eigenvalue weighted by atomic mass is 9.81. The third-order valence-corrected chi connectivity index (χ3v) is 4.84. The Bertz CT molecular complexity index is 553. The van der Waals surface area contributed by atoms with Crippen molar-refractivity contribution in [3.63, 3.8) is 0 Å². The van der Waals surface area contributed by atoms with Crippen LogP contribution in [-0.2, 0) is 16.0 Å². The molecule has 4 nitrogen and oxygen atoms in total. The van der Waals surface area contributed by atoms with Crippen molar-refractivity contribution in [2.75, 3.05) is 20.3 Å². The lowest BCUT2D eigenvalue weighted by Gasteiger charge is -2.46. The lowest BCUT2D eigenvalue weighted by molar-refractivity contribution is -0.130. The molecule has 1 aromatic carbocycles. The fraction of sp³-hybridized carbons (Fsp3) is 0.588. The van der Waals surface area contributed by atoms with Crippen LogP contribution >= 0.6 is 0 Å². The Balaban J connectivity index is 1.63. The summed E-state index contributed by atoms with van der Waals surface area (Å²) < 4.78 is 34.5. The van der Waals surface area contributed by atoms with Crippen LogP contribution in [0.2, 0.25) is 0 Å². The zero-order valence-corrected chi connectivity index (χ0v) is 13.1. The highest BCUT2D eigenvalue weighted by molar-refractivity contribution is 5.83. The molecule has 0 amide bonds. The first kappa shape index (κ1) is 16.3. The second-order valence-electron chi connectivity index (χ2n) is 6.35. The third-order valence-electron chi connectivity index (χ3n) is 4.84. The molecule has 2 bridgehead atoms. The summed E-state index contributed by atoms with van der Waals surface area (Å²) in [5.41, 5.74) is 0.716. The molecule has 0 aromatic heterocycles. The maximum Gasteiger partial charge on any atom is 0.387 e. The summed E-state index contributed by atoms with van der Waals surface area (Å²) in [6, 6.07) is 6.99. The average molecular weight is 325 g/mol. The van der Waals surface area contributed by atoms with Gasteiger partial charge in [0, 0.05) is 24.4 Å². The molecule has 0 saturated carbocycles. The zero-order valence-electron chi connectivity index (χ0n) is 13.1. The molecule has 2 heterocycles. The van der Waals surface area contributed by atoms with Crippen LogP contribution in [0.25, 0.3) is 0 Å². The second kappa shape index (κ2) is 6.93. The second-order valence-corrected chi connectivity index (χ2v) is 6.35. The van der Waals surface area contributed by atoms with Crippen molar-refractivity contribution >= 4 is 5.78 Å². The molecule has 0 aliphatic carbocycles. The van der Waals surface area contributed by atoms with Crippen LogP contribution in [0.1, 0.15) is 18.4 Å². The highest BCUT2D eigenvalue weighted by Gasteiger charge is 2.39. The van der Waals surface area contributed by atoms with E-state index in [0.29, 0.717) is 30.9 Å². The molecule has 2 unspecified atom stereocenters. The smallest absolute Gasteiger partial charge is 0.387 e. The number of hydrogen-bond acceptors (Lipinski definition) is 4. The van der Waals surface area contributed by atoms with Gasteiger partial charge in [0.2, 0.25) is 0 Å². The summed E-state index contributed by atoms with van der Waals surface area (Å²) in [6.07, 6.45) is 1.87. The van der Waals surface area contributed by atoms with Gasteiger partial charge in [0.05, 0.1) is 13.2 Å². The molecule has 2 aliphatic heterocycles. The predicted molar refractivity (Wildman–Crippen MR) is 80.7 cm³/mol. The zero-order chi connectivity index (χ0) is 16.4. The van der Waals surface area contributed by atoms with Gasteiger partial charge in [0.25, 0.3) is 0 Å². The number of nitrogens with zero attached hydrogens (tertiary/aromatic N) is 1. The van der Waals surface area contributed by atoms with E-state index in [1.807, 2.05) is 0 Å². The molecule has 126 valence electrons. The number of Topliss-reactive ketones (excluding diaryl/α,β-unsaturated/α-hetero) is 1. The highest BCUT2D eigenvalue weighted by atomic mass is 19.3. The summed E-state index contributed by atoms with van der Waals surface area (Å²) in [7, 11) is 2.09. The first-order valence-corrected chi connectivity index (χ1v) is 7.89. The van der Waals surface area contributed by atoms with E-state index in [1.54, 1.807) is 12.1 Å². The number of carbonyl (C=O) groups is 1. The van der Waals surface area contributed by atoms with Gasteiger partial charge in [-0.25, -0.2) is 0 Å². The van der Waals surface area contributed by atoms with Crippen molar-refractivity contribution in [2.24, 2.45) is 5.92 Å². The van der Waals surface area contributed by atoms with E-state index < -0.39 is 6.61 Å². The number of morpholine rings is 1. The maximum absolute atomic E-state index is 12.6. The number of rotatable bonds is 5. The fourth-order valence-corrected chi connectivity index (χ4v) is 3.54. The highest BCUT2D eigenvalue weighted by Crippen LogP contribution is 2.31. The number of halogens is 2. The van der Waals surface area contributed by atoms with E-state index in [0.717, 1.165) is 12.8 Å². The Morgan fingerprint density at radius 3 is 2.70 bits per heavy atom. The standard InChI is InChI=1S/C17H21F2NO3/c1-20-13-7-12(8-14(20)10-22-9-13)16(21)6-11-3-2-4-15(5-11)23-17(18)19/h2-5,12-14,17H,6-10H2,1H3. The van der Waals surface area contributed by atoms with Crippen molar-refractivity contribution in [3.05, 3.63) is 29.8 Å². The van der Waals surface area contributed by atoms with E-state index in [1.165, 1.54) is 12.1 Å². The van der Waals surface area contributed by atoms with Crippen molar-refractivity contribution in [2.45, 2.75) is 38.0 Å². The number of benzene rings is 1. The summed E-state index contributed by atoms with van der Waals surface area (Å²) in [5.74, 6) is 0.285. The van der Waals surface area contributed by atoms with Gasteiger partial charge in [-0.15, -0.1) is 0 Å². The first-order valence-electron chi connectivity index (χ1n) is 7.89. The SMILES string of the molecule is CN1C2COCC1CC(C(=O)Cc1cccc(OC(F)F)c1)C2. The van der Waals surface area contributed by atoms with Gasteiger partial charge < -0.3 is 9.47 Å². The fourth-order valence-electron chi connectivity index (χ4n) is 3.54. The van der Waals surface area contributed by atoms with E-state index in [2.05, 4.69) is 16.7 Å². The van der Waals surface area contributed by atoms with Crippen LogP contribution in [0.4, 0.5) is 8.78 Å². The van der Waals surface area contributed by atoms with Crippen LogP contribution in [-0.4, -0.2) is 49.6 Å².